The molecule has 0 aliphatic carbocycles. The second-order valence-corrected chi connectivity index (χ2v) is 4.55. The van der Waals surface area contributed by atoms with E-state index in [2.05, 4.69) is 20.8 Å². The van der Waals surface area contributed by atoms with Gasteiger partial charge in [0.05, 0.1) is 0 Å². The summed E-state index contributed by atoms with van der Waals surface area (Å²) in [5.41, 5.74) is 0. The minimum atomic E-state index is 0.367. The monoisotopic (exact) mass is 230 g/mol. The van der Waals surface area contributed by atoms with Crippen molar-refractivity contribution in [2.45, 2.75) is 91.4 Å². The first-order chi connectivity index (χ1) is 7.83. The van der Waals surface area contributed by atoms with Gasteiger partial charge in [0.2, 0.25) is 0 Å². The molecule has 0 aromatic carbocycles. The Kier molecular flexibility index (Phi) is 23.3. The molecule has 0 saturated carbocycles. The molecule has 0 rings (SSSR count). The first kappa shape index (κ1) is 18.3. The van der Waals surface area contributed by atoms with Crippen LogP contribution in [0.2, 0.25) is 0 Å². The SMILES string of the molecule is CCCCCCC.CCCCCCCCO. The number of aliphatic hydroxyl groups is 1. The van der Waals surface area contributed by atoms with Crippen LogP contribution in [0.15, 0.2) is 0 Å². The molecular weight excluding hydrogens is 196 g/mol. The van der Waals surface area contributed by atoms with E-state index in [0.717, 1.165) is 6.42 Å². The van der Waals surface area contributed by atoms with Crippen LogP contribution in [0.4, 0.5) is 0 Å². The van der Waals surface area contributed by atoms with E-state index in [-0.39, 0.29) is 0 Å². The van der Waals surface area contributed by atoms with Crippen LogP contribution in [0.5, 0.6) is 0 Å². The van der Waals surface area contributed by atoms with Crippen molar-refractivity contribution in [2.75, 3.05) is 6.61 Å². The van der Waals surface area contributed by atoms with Crippen molar-refractivity contribution in [1.82, 2.24) is 0 Å². The van der Waals surface area contributed by atoms with E-state index in [0.29, 0.717) is 6.61 Å². The summed E-state index contributed by atoms with van der Waals surface area (Å²) < 4.78 is 0. The van der Waals surface area contributed by atoms with Crippen LogP contribution in [-0.2, 0) is 0 Å². The van der Waals surface area contributed by atoms with Crippen molar-refractivity contribution in [3.8, 4) is 0 Å². The molecule has 0 radical (unpaired) electrons. The lowest BCUT2D eigenvalue weighted by Crippen LogP contribution is -1.82. The maximum absolute atomic E-state index is 8.42. The zero-order valence-corrected chi connectivity index (χ0v) is 11.9. The molecule has 0 aromatic rings. The fraction of sp³-hybridized carbons (Fsp3) is 1.00. The van der Waals surface area contributed by atoms with Crippen molar-refractivity contribution in [1.29, 1.82) is 0 Å². The Balaban J connectivity index is 0. The standard InChI is InChI=1S/C8H18O.C7H16/c1-2-3-4-5-6-7-8-9;1-3-5-7-6-4-2/h9H,2-8H2,1H3;3-7H2,1-2H3. The summed E-state index contributed by atoms with van der Waals surface area (Å²) in [5, 5.41) is 8.42. The third-order valence-corrected chi connectivity index (χ3v) is 2.72. The average Bonchev–Trinajstić information content (AvgIpc) is 2.31. The molecule has 16 heavy (non-hydrogen) atoms. The van der Waals surface area contributed by atoms with Gasteiger partial charge in [-0.05, 0) is 6.42 Å². The number of aliphatic hydroxyl groups excluding tert-OH is 1. The Labute approximate surface area is 104 Å². The quantitative estimate of drug-likeness (QED) is 0.504. The van der Waals surface area contributed by atoms with Gasteiger partial charge in [-0.3, -0.25) is 0 Å². The zero-order valence-electron chi connectivity index (χ0n) is 11.9. The molecule has 0 fully saturated rings. The van der Waals surface area contributed by atoms with E-state index in [9.17, 15) is 0 Å². The molecule has 1 nitrogen and oxygen atoms in total. The summed E-state index contributed by atoms with van der Waals surface area (Å²) >= 11 is 0. The highest BCUT2D eigenvalue weighted by Crippen LogP contribution is 2.03. The van der Waals surface area contributed by atoms with Crippen LogP contribution >= 0.6 is 0 Å². The zero-order chi connectivity index (χ0) is 12.5. The van der Waals surface area contributed by atoms with Crippen molar-refractivity contribution >= 4 is 0 Å². The van der Waals surface area contributed by atoms with Crippen LogP contribution in [0, 0.1) is 0 Å². The second kappa shape index (κ2) is 20.4. The van der Waals surface area contributed by atoms with Gasteiger partial charge in [0, 0.05) is 6.61 Å². The first-order valence-electron chi connectivity index (χ1n) is 7.44. The molecular formula is C15H34O. The van der Waals surface area contributed by atoms with Gasteiger partial charge in [0.15, 0.2) is 0 Å². The Morgan fingerprint density at radius 1 is 0.500 bits per heavy atom. The van der Waals surface area contributed by atoms with Crippen molar-refractivity contribution in [2.24, 2.45) is 0 Å². The summed E-state index contributed by atoms with van der Waals surface area (Å²) in [6, 6.07) is 0. The molecule has 0 unspecified atom stereocenters. The lowest BCUT2D eigenvalue weighted by Gasteiger charge is -1.95. The summed E-state index contributed by atoms with van der Waals surface area (Å²) in [6.07, 6.45) is 14.5. The van der Waals surface area contributed by atoms with E-state index < -0.39 is 0 Å². The molecule has 0 aliphatic heterocycles. The minimum absolute atomic E-state index is 0.367. The molecule has 0 saturated heterocycles. The molecule has 0 bridgehead atoms. The maximum atomic E-state index is 8.42. The molecule has 0 atom stereocenters. The highest BCUT2D eigenvalue weighted by Gasteiger charge is 1.86. The van der Waals surface area contributed by atoms with Gasteiger partial charge in [-0.25, -0.2) is 0 Å². The van der Waals surface area contributed by atoms with Gasteiger partial charge in [-0.15, -0.1) is 0 Å². The normalized spacial score (nSPS) is 9.75. The minimum Gasteiger partial charge on any atom is -0.396 e. The Hall–Kier alpha value is -0.0400. The molecule has 100 valence electrons. The van der Waals surface area contributed by atoms with Gasteiger partial charge >= 0.3 is 0 Å². The predicted octanol–water partition coefficient (Wildman–Crippen LogP) is 5.32. The largest absolute Gasteiger partial charge is 0.396 e. The lowest BCUT2D eigenvalue weighted by atomic mass is 10.1. The number of rotatable bonds is 10. The summed E-state index contributed by atoms with van der Waals surface area (Å²) in [7, 11) is 0. The molecule has 0 heterocycles. The average molecular weight is 230 g/mol. The van der Waals surface area contributed by atoms with Gasteiger partial charge in [0.1, 0.15) is 0 Å². The predicted molar refractivity (Wildman–Crippen MR) is 74.9 cm³/mol. The maximum Gasteiger partial charge on any atom is 0.0431 e. The number of unbranched alkanes of at least 4 members (excludes halogenated alkanes) is 9. The number of hydrogen-bond donors (Lipinski definition) is 1. The van der Waals surface area contributed by atoms with Crippen molar-refractivity contribution in [3.05, 3.63) is 0 Å². The molecule has 0 amide bonds. The second-order valence-electron chi connectivity index (χ2n) is 4.55. The number of hydrogen-bond acceptors (Lipinski definition) is 1. The third kappa shape index (κ3) is 23.6. The summed E-state index contributed by atoms with van der Waals surface area (Å²) in [5.74, 6) is 0. The third-order valence-electron chi connectivity index (χ3n) is 2.72. The van der Waals surface area contributed by atoms with Crippen LogP contribution in [0.25, 0.3) is 0 Å². The van der Waals surface area contributed by atoms with E-state index in [1.807, 2.05) is 0 Å². The molecule has 1 heteroatoms. The van der Waals surface area contributed by atoms with E-state index >= 15 is 0 Å². The molecule has 1 N–H and O–H groups in total. The Morgan fingerprint density at radius 3 is 1.19 bits per heavy atom. The summed E-state index contributed by atoms with van der Waals surface area (Å²) in [4.78, 5) is 0. The van der Waals surface area contributed by atoms with E-state index in [1.54, 1.807) is 0 Å². The van der Waals surface area contributed by atoms with Gasteiger partial charge in [-0.2, -0.15) is 0 Å². The summed E-state index contributed by atoms with van der Waals surface area (Å²) in [6.45, 7) is 7.07. The Morgan fingerprint density at radius 2 is 0.812 bits per heavy atom. The fourth-order valence-corrected chi connectivity index (χ4v) is 1.57. The first-order valence-corrected chi connectivity index (χ1v) is 7.44. The van der Waals surface area contributed by atoms with Gasteiger partial charge in [-0.1, -0.05) is 85.0 Å². The van der Waals surface area contributed by atoms with Crippen molar-refractivity contribution < 1.29 is 5.11 Å². The topological polar surface area (TPSA) is 20.2 Å². The van der Waals surface area contributed by atoms with Gasteiger partial charge < -0.3 is 5.11 Å². The smallest absolute Gasteiger partial charge is 0.0431 e. The van der Waals surface area contributed by atoms with E-state index in [4.69, 9.17) is 5.11 Å². The van der Waals surface area contributed by atoms with Crippen LogP contribution in [0.1, 0.15) is 91.4 Å². The van der Waals surface area contributed by atoms with E-state index in [1.165, 1.54) is 64.2 Å². The van der Waals surface area contributed by atoms with Gasteiger partial charge in [0.25, 0.3) is 0 Å². The van der Waals surface area contributed by atoms with Crippen LogP contribution < -0.4 is 0 Å². The van der Waals surface area contributed by atoms with Crippen LogP contribution in [-0.4, -0.2) is 11.7 Å². The highest BCUT2D eigenvalue weighted by atomic mass is 16.2. The fourth-order valence-electron chi connectivity index (χ4n) is 1.57. The van der Waals surface area contributed by atoms with Crippen LogP contribution in [0.3, 0.4) is 0 Å². The lowest BCUT2D eigenvalue weighted by molar-refractivity contribution is 0.282. The highest BCUT2D eigenvalue weighted by molar-refractivity contribution is 4.41. The molecule has 0 aromatic heterocycles. The molecule has 0 aliphatic rings. The molecule has 0 spiro atoms. The van der Waals surface area contributed by atoms with Crippen molar-refractivity contribution in [3.63, 3.8) is 0 Å². The Bertz CT molecular complexity index is 81.4.